The molecule has 3 aromatic rings. The Balaban J connectivity index is 1.97. The lowest BCUT2D eigenvalue weighted by Crippen LogP contribution is -2.39. The van der Waals surface area contributed by atoms with E-state index in [9.17, 15) is 14.7 Å². The van der Waals surface area contributed by atoms with Gasteiger partial charge in [-0.05, 0) is 101 Å². The number of aromatic nitrogens is 1. The first kappa shape index (κ1) is 25.5. The van der Waals surface area contributed by atoms with Gasteiger partial charge >= 0.3 is 5.97 Å². The molecule has 0 aliphatic carbocycles. The zero-order valence-corrected chi connectivity index (χ0v) is 24.4. The van der Waals surface area contributed by atoms with Gasteiger partial charge in [-0.25, -0.2) is 9.79 Å². The van der Waals surface area contributed by atoms with E-state index in [-0.39, 0.29) is 17.9 Å². The normalized spacial score (nSPS) is 15.8. The minimum Gasteiger partial charge on any atom is -0.506 e. The summed E-state index contributed by atoms with van der Waals surface area (Å²) >= 11 is 7.10. The number of carbonyl (C=O) groups excluding carboxylic acids is 1. The van der Waals surface area contributed by atoms with E-state index in [1.54, 1.807) is 36.3 Å². The van der Waals surface area contributed by atoms with Crippen molar-refractivity contribution in [3.8, 4) is 5.75 Å². The van der Waals surface area contributed by atoms with Crippen molar-refractivity contribution < 1.29 is 14.6 Å². The molecule has 0 bridgehead atoms. The molecule has 1 aromatic heterocycles. The summed E-state index contributed by atoms with van der Waals surface area (Å²) in [5, 5.41) is 10.5. The third-order valence-electron chi connectivity index (χ3n) is 5.29. The molecule has 0 saturated heterocycles. The highest BCUT2D eigenvalue weighted by Crippen LogP contribution is 2.32. The van der Waals surface area contributed by atoms with Crippen LogP contribution in [0.4, 0.5) is 0 Å². The number of rotatable bonds is 5. The number of aromatic hydroxyl groups is 1. The number of phenolic OH excluding ortho intramolecular Hbond substituents is 1. The maximum atomic E-state index is 13.7. The number of allylic oxidation sites excluding steroid dienone is 1. The van der Waals surface area contributed by atoms with Crippen molar-refractivity contribution >= 4 is 80.3 Å². The van der Waals surface area contributed by atoms with Gasteiger partial charge in [0.15, 0.2) is 4.80 Å². The van der Waals surface area contributed by atoms with Gasteiger partial charge in [-0.1, -0.05) is 23.5 Å². The molecule has 6 nitrogen and oxygen atoms in total. The van der Waals surface area contributed by atoms with Crippen molar-refractivity contribution in [1.82, 2.24) is 4.57 Å². The van der Waals surface area contributed by atoms with Crippen molar-refractivity contribution in [2.24, 2.45) is 4.99 Å². The monoisotopic (exact) mass is 718 g/mol. The summed E-state index contributed by atoms with van der Waals surface area (Å²) in [6.45, 7) is 3.74. The predicted octanol–water partition coefficient (Wildman–Crippen LogP) is 4.44. The highest BCUT2D eigenvalue weighted by atomic mass is 127. The number of fused-ring (bicyclic) bond motifs is 1. The second-order valence-electron chi connectivity index (χ2n) is 7.40. The average molecular weight is 718 g/mol. The fourth-order valence-electron chi connectivity index (χ4n) is 3.73. The molecular weight excluding hydrogens is 698 g/mol. The van der Waals surface area contributed by atoms with Gasteiger partial charge in [0.25, 0.3) is 5.56 Å². The number of benzene rings is 2. The summed E-state index contributed by atoms with van der Waals surface area (Å²) in [6.07, 6.45) is 3.67. The number of thioether (sulfide) groups is 1. The number of nitrogens with zero attached hydrogens (tertiary/aromatic N) is 2. The summed E-state index contributed by atoms with van der Waals surface area (Å²) in [4.78, 5) is 32.8. The number of hydrogen-bond acceptors (Lipinski definition) is 7. The van der Waals surface area contributed by atoms with Gasteiger partial charge in [-0.2, -0.15) is 0 Å². The van der Waals surface area contributed by atoms with Gasteiger partial charge in [-0.3, -0.25) is 9.36 Å². The van der Waals surface area contributed by atoms with Crippen LogP contribution in [-0.2, 0) is 9.53 Å². The largest absolute Gasteiger partial charge is 0.506 e. The minimum atomic E-state index is -0.655. The number of phenols is 1. The third-order valence-corrected chi connectivity index (χ3v) is 8.46. The second-order valence-corrected chi connectivity index (χ2v) is 11.7. The number of esters is 1. The second kappa shape index (κ2) is 10.5. The average Bonchev–Trinajstić information content (AvgIpc) is 3.10. The molecule has 1 aliphatic heterocycles. The number of thiazole rings is 1. The van der Waals surface area contributed by atoms with Gasteiger partial charge in [-0.15, -0.1) is 11.8 Å². The van der Waals surface area contributed by atoms with E-state index in [2.05, 4.69) is 50.2 Å². The molecule has 4 rings (SSSR count). The molecule has 0 unspecified atom stereocenters. The number of halogens is 2. The molecule has 0 amide bonds. The zero-order valence-electron chi connectivity index (χ0n) is 18.5. The first-order valence-corrected chi connectivity index (χ1v) is 14.5. The van der Waals surface area contributed by atoms with E-state index >= 15 is 0 Å². The summed E-state index contributed by atoms with van der Waals surface area (Å²) in [5.41, 5.74) is 1.96. The molecule has 34 heavy (non-hydrogen) atoms. The summed E-state index contributed by atoms with van der Waals surface area (Å²) < 4.78 is 8.97. The first-order chi connectivity index (χ1) is 16.2. The zero-order chi connectivity index (χ0) is 24.6. The molecule has 10 heteroatoms. The molecule has 2 heterocycles. The number of carbonyl (C=O) groups is 1. The van der Waals surface area contributed by atoms with Crippen molar-refractivity contribution in [3.63, 3.8) is 0 Å². The molecule has 1 aliphatic rings. The highest BCUT2D eigenvalue weighted by molar-refractivity contribution is 14.1. The third kappa shape index (κ3) is 4.86. The SMILES string of the molecule is CCOC(=O)C1=C(C)N=c2s/c(=C\c3cc(I)cc(I)c3O)c(=O)n2[C@@H]1c1ccc(SC)cc1. The summed E-state index contributed by atoms with van der Waals surface area (Å²) in [6, 6.07) is 10.8. The van der Waals surface area contributed by atoms with E-state index in [0.29, 0.717) is 29.7 Å². The Morgan fingerprint density at radius 3 is 2.65 bits per heavy atom. The van der Waals surface area contributed by atoms with Gasteiger partial charge in [0.05, 0.1) is 32.0 Å². The molecule has 0 radical (unpaired) electrons. The van der Waals surface area contributed by atoms with Crippen LogP contribution in [0.2, 0.25) is 0 Å². The van der Waals surface area contributed by atoms with E-state index < -0.39 is 12.0 Å². The van der Waals surface area contributed by atoms with E-state index in [1.165, 1.54) is 11.3 Å². The number of ether oxygens (including phenoxy) is 1. The van der Waals surface area contributed by atoms with Crippen molar-refractivity contribution in [2.45, 2.75) is 24.8 Å². The van der Waals surface area contributed by atoms with Gasteiger partial charge < -0.3 is 9.84 Å². The van der Waals surface area contributed by atoms with Gasteiger partial charge in [0.1, 0.15) is 5.75 Å². The molecule has 1 atom stereocenters. The van der Waals surface area contributed by atoms with Crippen LogP contribution in [0.5, 0.6) is 5.75 Å². The van der Waals surface area contributed by atoms with Crippen LogP contribution in [0.3, 0.4) is 0 Å². The van der Waals surface area contributed by atoms with Crippen LogP contribution in [0.25, 0.3) is 6.08 Å². The summed E-state index contributed by atoms with van der Waals surface area (Å²) in [5.74, 6) is -0.360. The van der Waals surface area contributed by atoms with Crippen LogP contribution in [0, 0.1) is 7.14 Å². The minimum absolute atomic E-state index is 0.124. The lowest BCUT2D eigenvalue weighted by atomic mass is 9.96. The smallest absolute Gasteiger partial charge is 0.338 e. The lowest BCUT2D eigenvalue weighted by molar-refractivity contribution is -0.139. The molecule has 0 spiro atoms. The van der Waals surface area contributed by atoms with Crippen LogP contribution in [0.1, 0.15) is 31.0 Å². The van der Waals surface area contributed by atoms with Crippen LogP contribution in [-0.4, -0.2) is 28.5 Å². The fraction of sp³-hybridized carbons (Fsp3) is 0.208. The maximum absolute atomic E-state index is 13.7. The standard InChI is InChI=1S/C24H20I2N2O4S2/c1-4-32-23(31)19-12(2)27-24-28(20(19)13-5-7-16(33-3)8-6-13)22(30)18(34-24)10-14-9-15(25)11-17(26)21(14)29/h5-11,20,29H,4H2,1-3H3/b18-10-/t20-/m1/s1. The van der Waals surface area contributed by atoms with Crippen molar-refractivity contribution in [1.29, 1.82) is 0 Å². The van der Waals surface area contributed by atoms with Crippen LogP contribution >= 0.6 is 68.3 Å². The molecule has 0 fully saturated rings. The molecule has 2 aromatic carbocycles. The Bertz CT molecular complexity index is 1490. The molecular formula is C24H20I2N2O4S2. The van der Waals surface area contributed by atoms with Crippen molar-refractivity contribution in [2.75, 3.05) is 12.9 Å². The van der Waals surface area contributed by atoms with E-state index in [1.807, 2.05) is 42.7 Å². The quantitative estimate of drug-likeness (QED) is 0.240. The Morgan fingerprint density at radius 2 is 2.00 bits per heavy atom. The molecule has 176 valence electrons. The van der Waals surface area contributed by atoms with Crippen LogP contribution in [0.15, 0.2) is 62.4 Å². The Labute approximate surface area is 231 Å². The topological polar surface area (TPSA) is 80.9 Å². The summed E-state index contributed by atoms with van der Waals surface area (Å²) in [7, 11) is 0. The number of hydrogen-bond donors (Lipinski definition) is 1. The lowest BCUT2D eigenvalue weighted by Gasteiger charge is -2.24. The van der Waals surface area contributed by atoms with Crippen LogP contribution < -0.4 is 14.9 Å². The predicted molar refractivity (Wildman–Crippen MR) is 152 cm³/mol. The Hall–Kier alpha value is -1.64. The van der Waals surface area contributed by atoms with E-state index in [0.717, 1.165) is 14.0 Å². The fourth-order valence-corrected chi connectivity index (χ4v) is 7.07. The van der Waals surface area contributed by atoms with Gasteiger partial charge in [0, 0.05) is 14.0 Å². The Morgan fingerprint density at radius 1 is 1.29 bits per heavy atom. The van der Waals surface area contributed by atoms with Gasteiger partial charge in [0.2, 0.25) is 0 Å². The van der Waals surface area contributed by atoms with E-state index in [4.69, 9.17) is 4.74 Å². The maximum Gasteiger partial charge on any atom is 0.338 e. The van der Waals surface area contributed by atoms with Crippen molar-refractivity contribution in [3.05, 3.63) is 85.6 Å². The Kier molecular flexibility index (Phi) is 7.89. The first-order valence-electron chi connectivity index (χ1n) is 10.3. The molecule has 0 saturated carbocycles. The highest BCUT2D eigenvalue weighted by Gasteiger charge is 2.33. The molecule has 1 N–H and O–H groups in total.